The van der Waals surface area contributed by atoms with Crippen molar-refractivity contribution in [3.8, 4) is 44.5 Å². The van der Waals surface area contributed by atoms with Crippen LogP contribution in [0.1, 0.15) is 22.3 Å². The lowest BCUT2D eigenvalue weighted by molar-refractivity contribution is 0.768. The Hall–Kier alpha value is -7.78. The summed E-state index contributed by atoms with van der Waals surface area (Å²) in [5.41, 5.74) is 17.7. The standard InChI is InChI=1S/C61H41NS/c1-4-16-42(17-5-1)43-30-34-49(35-31-43)62(50-36-32-44(33-37-50)45-18-14-19-46(40-45)52-26-15-27-56-55-25-11-13-29-59(55)63-60(52)56)51-38-39-54-53-24-10-12-28-57(53)61(58(54)41-51,47-20-6-2-7-21-47)48-22-8-3-9-23-48/h1-41H. The Morgan fingerprint density at radius 3 is 1.51 bits per heavy atom. The van der Waals surface area contributed by atoms with E-state index in [1.165, 1.54) is 86.9 Å². The van der Waals surface area contributed by atoms with Crippen LogP contribution in [-0.4, -0.2) is 0 Å². The van der Waals surface area contributed by atoms with Crippen molar-refractivity contribution in [3.63, 3.8) is 0 Å². The molecule has 0 N–H and O–H groups in total. The van der Waals surface area contributed by atoms with E-state index in [9.17, 15) is 0 Å². The summed E-state index contributed by atoms with van der Waals surface area (Å²) in [5.74, 6) is 0. The molecule has 0 saturated heterocycles. The molecular weight excluding hydrogens is 779 g/mol. The van der Waals surface area contributed by atoms with Gasteiger partial charge >= 0.3 is 0 Å². The maximum absolute atomic E-state index is 2.45. The monoisotopic (exact) mass is 819 g/mol. The highest BCUT2D eigenvalue weighted by atomic mass is 32.1. The Balaban J connectivity index is 0.995. The van der Waals surface area contributed by atoms with Crippen LogP contribution in [0.15, 0.2) is 249 Å². The Morgan fingerprint density at radius 2 is 0.794 bits per heavy atom. The molecule has 0 bridgehead atoms. The number of thiophene rings is 1. The van der Waals surface area contributed by atoms with Gasteiger partial charge < -0.3 is 4.90 Å². The fourth-order valence-electron chi connectivity index (χ4n) is 10.1. The minimum atomic E-state index is -0.498. The summed E-state index contributed by atoms with van der Waals surface area (Å²) >= 11 is 1.88. The lowest BCUT2D eigenvalue weighted by Crippen LogP contribution is -2.28. The van der Waals surface area contributed by atoms with Crippen molar-refractivity contribution < 1.29 is 0 Å². The van der Waals surface area contributed by atoms with E-state index in [-0.39, 0.29) is 0 Å². The van der Waals surface area contributed by atoms with Gasteiger partial charge in [-0.1, -0.05) is 200 Å². The second-order valence-electron chi connectivity index (χ2n) is 16.4. The minimum absolute atomic E-state index is 0.498. The molecule has 0 amide bonds. The average molecular weight is 820 g/mol. The van der Waals surface area contributed by atoms with E-state index in [2.05, 4.69) is 254 Å². The smallest absolute Gasteiger partial charge is 0.0714 e. The number of rotatable bonds is 8. The molecule has 296 valence electrons. The zero-order valence-electron chi connectivity index (χ0n) is 34.5. The predicted octanol–water partition coefficient (Wildman–Crippen LogP) is 16.9. The summed E-state index contributed by atoms with van der Waals surface area (Å²) < 4.78 is 2.66. The van der Waals surface area contributed by atoms with Crippen molar-refractivity contribution in [2.75, 3.05) is 4.90 Å². The summed E-state index contributed by atoms with van der Waals surface area (Å²) in [5, 5.41) is 2.64. The molecular formula is C61H41NS. The second-order valence-corrected chi connectivity index (χ2v) is 17.5. The van der Waals surface area contributed by atoms with Gasteiger partial charge in [0.05, 0.1) is 5.41 Å². The van der Waals surface area contributed by atoms with Crippen LogP contribution in [0.5, 0.6) is 0 Å². The summed E-state index contributed by atoms with van der Waals surface area (Å²) in [6.45, 7) is 0. The van der Waals surface area contributed by atoms with Gasteiger partial charge in [-0.2, -0.15) is 0 Å². The molecule has 0 unspecified atom stereocenters. The third-order valence-corrected chi connectivity index (χ3v) is 14.2. The van der Waals surface area contributed by atoms with Crippen LogP contribution in [0.3, 0.4) is 0 Å². The number of hydrogen-bond donors (Lipinski definition) is 0. The molecule has 1 aromatic heterocycles. The van der Waals surface area contributed by atoms with Crippen molar-refractivity contribution in [1.82, 2.24) is 0 Å². The average Bonchev–Trinajstić information content (AvgIpc) is 3.89. The van der Waals surface area contributed by atoms with Crippen LogP contribution in [0.2, 0.25) is 0 Å². The van der Waals surface area contributed by atoms with E-state index in [4.69, 9.17) is 0 Å². The molecule has 12 rings (SSSR count). The van der Waals surface area contributed by atoms with Crippen LogP contribution in [0.25, 0.3) is 64.7 Å². The summed E-state index contributed by atoms with van der Waals surface area (Å²) in [4.78, 5) is 2.42. The highest BCUT2D eigenvalue weighted by molar-refractivity contribution is 7.26. The van der Waals surface area contributed by atoms with E-state index < -0.39 is 5.41 Å². The Kier molecular flexibility index (Phi) is 8.98. The zero-order valence-corrected chi connectivity index (χ0v) is 35.3. The van der Waals surface area contributed by atoms with Gasteiger partial charge in [-0.3, -0.25) is 0 Å². The number of fused-ring (bicyclic) bond motifs is 6. The highest BCUT2D eigenvalue weighted by Gasteiger charge is 2.46. The molecule has 2 heteroatoms. The number of hydrogen-bond acceptors (Lipinski definition) is 2. The first kappa shape index (κ1) is 37.0. The van der Waals surface area contributed by atoms with Crippen LogP contribution in [0, 0.1) is 0 Å². The van der Waals surface area contributed by atoms with Gasteiger partial charge in [-0.15, -0.1) is 11.3 Å². The fraction of sp³-hybridized carbons (Fsp3) is 0.0164. The van der Waals surface area contributed by atoms with Crippen molar-refractivity contribution in [3.05, 3.63) is 271 Å². The van der Waals surface area contributed by atoms with Gasteiger partial charge in [-0.05, 0) is 115 Å². The highest BCUT2D eigenvalue weighted by Crippen LogP contribution is 2.57. The molecule has 10 aromatic carbocycles. The maximum Gasteiger partial charge on any atom is 0.0714 e. The van der Waals surface area contributed by atoms with Gasteiger partial charge in [0.15, 0.2) is 0 Å². The van der Waals surface area contributed by atoms with E-state index in [0.717, 1.165) is 17.1 Å². The van der Waals surface area contributed by atoms with Gasteiger partial charge in [0.1, 0.15) is 0 Å². The molecule has 1 nitrogen and oxygen atoms in total. The maximum atomic E-state index is 2.45. The summed E-state index contributed by atoms with van der Waals surface area (Å²) in [7, 11) is 0. The Bertz CT molecular complexity index is 3380. The summed E-state index contributed by atoms with van der Waals surface area (Å²) in [6, 6.07) is 91.4. The molecule has 11 aromatic rings. The number of nitrogens with zero attached hydrogens (tertiary/aromatic N) is 1. The van der Waals surface area contributed by atoms with Crippen LogP contribution in [0.4, 0.5) is 17.1 Å². The van der Waals surface area contributed by atoms with Crippen molar-refractivity contribution >= 4 is 48.6 Å². The van der Waals surface area contributed by atoms with Crippen LogP contribution in [-0.2, 0) is 5.41 Å². The molecule has 0 fully saturated rings. The SMILES string of the molecule is c1ccc(-c2ccc(N(c3ccc(-c4cccc(-c5cccc6c5sc5ccccc56)c4)cc3)c3ccc4c(c3)C(c3ccccc3)(c3ccccc3)c3ccccc3-4)cc2)cc1. The fourth-order valence-corrected chi connectivity index (χ4v) is 11.3. The van der Waals surface area contributed by atoms with E-state index in [0.29, 0.717) is 0 Å². The van der Waals surface area contributed by atoms with Crippen molar-refractivity contribution in [1.29, 1.82) is 0 Å². The normalized spacial score (nSPS) is 12.6. The molecule has 63 heavy (non-hydrogen) atoms. The number of benzene rings is 10. The first-order chi connectivity index (χ1) is 31.2. The Morgan fingerprint density at radius 1 is 0.302 bits per heavy atom. The van der Waals surface area contributed by atoms with Crippen LogP contribution >= 0.6 is 11.3 Å². The van der Waals surface area contributed by atoms with Gasteiger partial charge in [0, 0.05) is 37.2 Å². The van der Waals surface area contributed by atoms with Gasteiger partial charge in [0.25, 0.3) is 0 Å². The Labute approximate surface area is 372 Å². The summed E-state index contributed by atoms with van der Waals surface area (Å²) in [6.07, 6.45) is 0. The van der Waals surface area contributed by atoms with Crippen molar-refractivity contribution in [2.24, 2.45) is 0 Å². The van der Waals surface area contributed by atoms with E-state index in [1.807, 2.05) is 11.3 Å². The zero-order chi connectivity index (χ0) is 41.7. The molecule has 1 aliphatic rings. The first-order valence-electron chi connectivity index (χ1n) is 21.7. The molecule has 0 radical (unpaired) electrons. The predicted molar refractivity (Wildman–Crippen MR) is 268 cm³/mol. The molecule has 0 saturated carbocycles. The molecule has 1 aliphatic carbocycles. The first-order valence-corrected chi connectivity index (χ1v) is 22.5. The topological polar surface area (TPSA) is 3.24 Å². The van der Waals surface area contributed by atoms with Gasteiger partial charge in [-0.25, -0.2) is 0 Å². The lowest BCUT2D eigenvalue weighted by atomic mass is 9.67. The molecule has 0 spiro atoms. The van der Waals surface area contributed by atoms with Crippen molar-refractivity contribution in [2.45, 2.75) is 5.41 Å². The van der Waals surface area contributed by atoms with Gasteiger partial charge in [0.2, 0.25) is 0 Å². The quantitative estimate of drug-likeness (QED) is 0.148. The van der Waals surface area contributed by atoms with E-state index >= 15 is 0 Å². The number of anilines is 3. The largest absolute Gasteiger partial charge is 0.310 e. The lowest BCUT2D eigenvalue weighted by Gasteiger charge is -2.35. The second kappa shape index (κ2) is 15.3. The minimum Gasteiger partial charge on any atom is -0.310 e. The molecule has 0 atom stereocenters. The molecule has 0 aliphatic heterocycles. The van der Waals surface area contributed by atoms with Crippen LogP contribution < -0.4 is 4.90 Å². The molecule has 1 heterocycles. The van der Waals surface area contributed by atoms with E-state index in [1.54, 1.807) is 0 Å². The third kappa shape index (κ3) is 6.14. The third-order valence-electron chi connectivity index (χ3n) is 13.0.